The van der Waals surface area contributed by atoms with E-state index in [1.807, 2.05) is 6.92 Å². The maximum atomic E-state index is 9.34. The van der Waals surface area contributed by atoms with Crippen molar-refractivity contribution in [3.8, 4) is 5.75 Å². The number of aromatic hydroxyl groups is 1. The van der Waals surface area contributed by atoms with Crippen molar-refractivity contribution in [2.24, 2.45) is 0 Å². The van der Waals surface area contributed by atoms with Crippen molar-refractivity contribution < 1.29 is 10.2 Å². The highest BCUT2D eigenvalue weighted by molar-refractivity contribution is 6.18. The Bertz CT molecular complexity index is 273. The quantitative estimate of drug-likeness (QED) is 0.694. The fraction of sp³-hybridized carbons (Fsp3) is 0.333. The molecule has 0 saturated carbocycles. The molecule has 0 bridgehead atoms. The first-order valence-corrected chi connectivity index (χ1v) is 4.22. The van der Waals surface area contributed by atoms with E-state index in [2.05, 4.69) is 0 Å². The van der Waals surface area contributed by atoms with Crippen molar-refractivity contribution in [2.45, 2.75) is 13.0 Å². The molecule has 2 N–H and O–H groups in total. The summed E-state index contributed by atoms with van der Waals surface area (Å²) in [7, 11) is 0. The van der Waals surface area contributed by atoms with Crippen LogP contribution in [0.2, 0.25) is 0 Å². The highest BCUT2D eigenvalue weighted by Crippen LogP contribution is 2.25. The molecule has 1 aromatic carbocycles. The fourth-order valence-electron chi connectivity index (χ4n) is 1.02. The molecule has 12 heavy (non-hydrogen) atoms. The Morgan fingerprint density at radius 1 is 1.50 bits per heavy atom. The van der Waals surface area contributed by atoms with Gasteiger partial charge in [-0.25, -0.2) is 0 Å². The highest BCUT2D eigenvalue weighted by atomic mass is 35.5. The summed E-state index contributed by atoms with van der Waals surface area (Å²) in [6, 6.07) is 5.06. The summed E-state index contributed by atoms with van der Waals surface area (Å²) < 4.78 is 0. The SMILES string of the molecule is Cc1ccc(O)c(C(O)CCl)c1. The minimum atomic E-state index is -0.786. The van der Waals surface area contributed by atoms with Crippen LogP contribution in [0.3, 0.4) is 0 Å². The van der Waals surface area contributed by atoms with Crippen LogP contribution in [0.15, 0.2) is 18.2 Å². The van der Waals surface area contributed by atoms with Gasteiger partial charge in [-0.1, -0.05) is 11.6 Å². The normalized spacial score (nSPS) is 12.9. The summed E-state index contributed by atoms with van der Waals surface area (Å²) >= 11 is 5.45. The molecule has 0 fully saturated rings. The van der Waals surface area contributed by atoms with Gasteiger partial charge in [0.2, 0.25) is 0 Å². The molecule has 2 nitrogen and oxygen atoms in total. The smallest absolute Gasteiger partial charge is 0.121 e. The van der Waals surface area contributed by atoms with Crippen molar-refractivity contribution in [3.63, 3.8) is 0 Å². The minimum absolute atomic E-state index is 0.0914. The van der Waals surface area contributed by atoms with Crippen LogP contribution in [0.25, 0.3) is 0 Å². The molecule has 0 spiro atoms. The molecule has 1 atom stereocenters. The van der Waals surface area contributed by atoms with E-state index in [-0.39, 0.29) is 11.6 Å². The Hall–Kier alpha value is -0.730. The molecule has 0 amide bonds. The number of phenols is 1. The molecule has 1 rings (SSSR count). The van der Waals surface area contributed by atoms with Crippen molar-refractivity contribution in [2.75, 3.05) is 5.88 Å². The van der Waals surface area contributed by atoms with Crippen LogP contribution >= 0.6 is 11.6 Å². The molecule has 0 aliphatic carbocycles. The van der Waals surface area contributed by atoms with Crippen LogP contribution in [0.5, 0.6) is 5.75 Å². The average molecular weight is 187 g/mol. The van der Waals surface area contributed by atoms with Gasteiger partial charge in [0.05, 0.1) is 12.0 Å². The molecular formula is C9H11ClO2. The lowest BCUT2D eigenvalue weighted by molar-refractivity contribution is 0.198. The first-order valence-electron chi connectivity index (χ1n) is 3.68. The standard InChI is InChI=1S/C9H11ClO2/c1-6-2-3-8(11)7(4-6)9(12)5-10/h2-4,9,11-12H,5H2,1H3. The van der Waals surface area contributed by atoms with Gasteiger partial charge < -0.3 is 10.2 Å². The third-order valence-corrected chi connectivity index (χ3v) is 1.98. The van der Waals surface area contributed by atoms with Gasteiger partial charge in [0, 0.05) is 5.56 Å². The van der Waals surface area contributed by atoms with Gasteiger partial charge in [0.1, 0.15) is 5.75 Å². The maximum Gasteiger partial charge on any atom is 0.121 e. The average Bonchev–Trinajstić information content (AvgIpc) is 2.08. The second-order valence-corrected chi connectivity index (χ2v) is 3.04. The number of halogens is 1. The first kappa shape index (κ1) is 9.36. The number of rotatable bonds is 2. The molecule has 66 valence electrons. The van der Waals surface area contributed by atoms with Crippen LogP contribution in [-0.4, -0.2) is 16.1 Å². The van der Waals surface area contributed by atoms with Gasteiger partial charge >= 0.3 is 0 Å². The van der Waals surface area contributed by atoms with Crippen molar-refractivity contribution >= 4 is 11.6 Å². The topological polar surface area (TPSA) is 40.5 Å². The molecule has 1 unspecified atom stereocenters. The van der Waals surface area contributed by atoms with Crippen LogP contribution < -0.4 is 0 Å². The van der Waals surface area contributed by atoms with E-state index >= 15 is 0 Å². The number of alkyl halides is 1. The monoisotopic (exact) mass is 186 g/mol. The van der Waals surface area contributed by atoms with Crippen LogP contribution in [0, 0.1) is 6.92 Å². The molecular weight excluding hydrogens is 176 g/mol. The lowest BCUT2D eigenvalue weighted by atomic mass is 10.1. The van der Waals surface area contributed by atoms with Crippen LogP contribution in [0.1, 0.15) is 17.2 Å². The lowest BCUT2D eigenvalue weighted by Crippen LogP contribution is -1.99. The van der Waals surface area contributed by atoms with Gasteiger partial charge in [0.25, 0.3) is 0 Å². The second kappa shape index (κ2) is 3.78. The Labute approximate surface area is 76.4 Å². The maximum absolute atomic E-state index is 9.34. The Balaban J connectivity index is 3.04. The number of aryl methyl sites for hydroxylation is 1. The van der Waals surface area contributed by atoms with Gasteiger partial charge in [-0.05, 0) is 19.1 Å². The fourth-order valence-corrected chi connectivity index (χ4v) is 1.19. The highest BCUT2D eigenvalue weighted by Gasteiger charge is 2.10. The predicted molar refractivity (Wildman–Crippen MR) is 48.5 cm³/mol. The summed E-state index contributed by atoms with van der Waals surface area (Å²) in [5.41, 5.74) is 1.48. The number of aliphatic hydroxyl groups excluding tert-OH is 1. The van der Waals surface area contributed by atoms with E-state index in [4.69, 9.17) is 11.6 Å². The Morgan fingerprint density at radius 3 is 2.75 bits per heavy atom. The van der Waals surface area contributed by atoms with Crippen molar-refractivity contribution in [1.82, 2.24) is 0 Å². The third kappa shape index (κ3) is 1.90. The van der Waals surface area contributed by atoms with Crippen molar-refractivity contribution in [1.29, 1.82) is 0 Å². The molecule has 0 aromatic heterocycles. The molecule has 0 saturated heterocycles. The van der Waals surface area contributed by atoms with E-state index in [0.29, 0.717) is 5.56 Å². The summed E-state index contributed by atoms with van der Waals surface area (Å²) in [6.07, 6.45) is -0.786. The summed E-state index contributed by atoms with van der Waals surface area (Å²) in [5, 5.41) is 18.7. The lowest BCUT2D eigenvalue weighted by Gasteiger charge is -2.09. The number of aliphatic hydroxyl groups is 1. The molecule has 0 aliphatic rings. The van der Waals surface area contributed by atoms with E-state index in [1.165, 1.54) is 0 Å². The number of hydrogen-bond acceptors (Lipinski definition) is 2. The second-order valence-electron chi connectivity index (χ2n) is 2.73. The molecule has 0 aliphatic heterocycles. The van der Waals surface area contributed by atoms with Gasteiger partial charge in [-0.2, -0.15) is 0 Å². The minimum Gasteiger partial charge on any atom is -0.508 e. The zero-order valence-electron chi connectivity index (χ0n) is 6.79. The van der Waals surface area contributed by atoms with E-state index in [1.54, 1.807) is 18.2 Å². The van der Waals surface area contributed by atoms with Crippen LogP contribution in [0.4, 0.5) is 0 Å². The number of hydrogen-bond donors (Lipinski definition) is 2. The van der Waals surface area contributed by atoms with Gasteiger partial charge in [0.15, 0.2) is 0 Å². The third-order valence-electron chi connectivity index (χ3n) is 1.69. The molecule has 0 heterocycles. The van der Waals surface area contributed by atoms with E-state index < -0.39 is 6.10 Å². The van der Waals surface area contributed by atoms with E-state index in [9.17, 15) is 10.2 Å². The van der Waals surface area contributed by atoms with E-state index in [0.717, 1.165) is 5.56 Å². The summed E-state index contributed by atoms with van der Waals surface area (Å²) in [5.74, 6) is 0.186. The molecule has 3 heteroatoms. The summed E-state index contributed by atoms with van der Waals surface area (Å²) in [4.78, 5) is 0. The first-order chi connectivity index (χ1) is 5.65. The Kier molecular flexibility index (Phi) is 2.95. The molecule has 1 aromatic rings. The number of phenolic OH excluding ortho intramolecular Hbond substituents is 1. The van der Waals surface area contributed by atoms with Crippen LogP contribution in [-0.2, 0) is 0 Å². The zero-order chi connectivity index (χ0) is 9.14. The zero-order valence-corrected chi connectivity index (χ0v) is 7.54. The van der Waals surface area contributed by atoms with Gasteiger partial charge in [-0.3, -0.25) is 0 Å². The van der Waals surface area contributed by atoms with Gasteiger partial charge in [-0.15, -0.1) is 11.6 Å². The number of benzene rings is 1. The summed E-state index contributed by atoms with van der Waals surface area (Å²) in [6.45, 7) is 1.89. The largest absolute Gasteiger partial charge is 0.508 e. The van der Waals surface area contributed by atoms with Crippen molar-refractivity contribution in [3.05, 3.63) is 29.3 Å². The molecule has 0 radical (unpaired) electrons. The predicted octanol–water partition coefficient (Wildman–Crippen LogP) is 1.97. The Morgan fingerprint density at radius 2 is 2.17 bits per heavy atom.